The number of aliphatic hydroxyl groups excluding tert-OH is 1. The minimum absolute atomic E-state index is 0.198. The van der Waals surface area contributed by atoms with Gasteiger partial charge in [-0.25, -0.2) is 0 Å². The molecule has 0 radical (unpaired) electrons. The van der Waals surface area contributed by atoms with Gasteiger partial charge in [-0.05, 0) is 38.3 Å². The highest BCUT2D eigenvalue weighted by Gasteiger charge is 2.26. The zero-order valence-electron chi connectivity index (χ0n) is 10.1. The third kappa shape index (κ3) is 2.09. The van der Waals surface area contributed by atoms with Gasteiger partial charge in [0.2, 0.25) is 0 Å². The maximum Gasteiger partial charge on any atom is 0.138 e. The molecule has 5 heteroatoms. The summed E-state index contributed by atoms with van der Waals surface area (Å²) in [7, 11) is 0. The second-order valence-corrected chi connectivity index (χ2v) is 5.21. The second-order valence-electron chi connectivity index (χ2n) is 5.21. The first kappa shape index (κ1) is 11.2. The van der Waals surface area contributed by atoms with Crippen LogP contribution in [0.25, 0.3) is 0 Å². The molecule has 2 aliphatic rings. The van der Waals surface area contributed by atoms with Gasteiger partial charge >= 0.3 is 0 Å². The third-order valence-electron chi connectivity index (χ3n) is 4.01. The summed E-state index contributed by atoms with van der Waals surface area (Å²) in [4.78, 5) is 0. The van der Waals surface area contributed by atoms with E-state index in [1.54, 1.807) is 0 Å². The van der Waals surface area contributed by atoms with Crippen LogP contribution in [0.2, 0.25) is 0 Å². The normalized spacial score (nSPS) is 28.3. The molecule has 5 nitrogen and oxygen atoms in total. The van der Waals surface area contributed by atoms with Gasteiger partial charge in [-0.2, -0.15) is 0 Å². The fourth-order valence-corrected chi connectivity index (χ4v) is 2.99. The van der Waals surface area contributed by atoms with Crippen LogP contribution in [0.4, 0.5) is 0 Å². The van der Waals surface area contributed by atoms with Crippen LogP contribution in [0.5, 0.6) is 0 Å². The van der Waals surface area contributed by atoms with Crippen LogP contribution in [-0.2, 0) is 13.0 Å². The molecule has 1 saturated heterocycles. The van der Waals surface area contributed by atoms with Gasteiger partial charge in [0.05, 0.1) is 6.61 Å². The molecule has 0 spiro atoms. The molecule has 3 rings (SSSR count). The Kier molecular flexibility index (Phi) is 3.11. The van der Waals surface area contributed by atoms with Crippen molar-refractivity contribution >= 4 is 0 Å². The van der Waals surface area contributed by atoms with E-state index in [2.05, 4.69) is 20.1 Å². The second kappa shape index (κ2) is 4.74. The number of rotatable bonds is 3. The number of aliphatic hydroxyl groups is 1. The number of hydrogen-bond acceptors (Lipinski definition) is 4. The van der Waals surface area contributed by atoms with E-state index in [-0.39, 0.29) is 12.5 Å². The van der Waals surface area contributed by atoms with Crippen molar-refractivity contribution in [3.63, 3.8) is 0 Å². The summed E-state index contributed by atoms with van der Waals surface area (Å²) in [6.45, 7) is 3.45. The van der Waals surface area contributed by atoms with Crippen LogP contribution in [0.15, 0.2) is 0 Å². The largest absolute Gasteiger partial charge is 0.396 e. The Hall–Kier alpha value is -0.940. The lowest BCUT2D eigenvalue weighted by Crippen LogP contribution is -2.21. The van der Waals surface area contributed by atoms with Gasteiger partial charge in [0.1, 0.15) is 11.6 Å². The molecule has 3 heterocycles. The van der Waals surface area contributed by atoms with Gasteiger partial charge in [0.15, 0.2) is 0 Å². The highest BCUT2D eigenvalue weighted by molar-refractivity contribution is 5.06. The standard InChI is InChI=1S/C12H20N4O/c17-8-10-2-1-5-16-11(14-15-12(10)16)6-9-3-4-13-7-9/h9-10,13,17H,1-8H2. The lowest BCUT2D eigenvalue weighted by Gasteiger charge is -2.22. The summed E-state index contributed by atoms with van der Waals surface area (Å²) < 4.78 is 2.24. The van der Waals surface area contributed by atoms with Crippen molar-refractivity contribution in [3.8, 4) is 0 Å². The summed E-state index contributed by atoms with van der Waals surface area (Å²) in [6.07, 6.45) is 4.44. The van der Waals surface area contributed by atoms with Gasteiger partial charge in [0.25, 0.3) is 0 Å². The van der Waals surface area contributed by atoms with Gasteiger partial charge in [-0.3, -0.25) is 0 Å². The van der Waals surface area contributed by atoms with Crippen LogP contribution >= 0.6 is 0 Å². The number of nitrogens with one attached hydrogen (secondary N) is 1. The molecule has 0 amide bonds. The monoisotopic (exact) mass is 236 g/mol. The summed E-state index contributed by atoms with van der Waals surface area (Å²) in [5, 5.41) is 21.3. The molecule has 0 aliphatic carbocycles. The third-order valence-corrected chi connectivity index (χ3v) is 4.01. The number of hydrogen-bond donors (Lipinski definition) is 2. The van der Waals surface area contributed by atoms with Crippen LogP contribution in [-0.4, -0.2) is 39.6 Å². The molecule has 1 aromatic heterocycles. The SMILES string of the molecule is OCC1CCCn2c(CC3CCNC3)nnc21. The van der Waals surface area contributed by atoms with E-state index in [0.717, 1.165) is 50.5 Å². The summed E-state index contributed by atoms with van der Waals surface area (Å²) in [5.74, 6) is 3.02. The van der Waals surface area contributed by atoms with E-state index in [0.29, 0.717) is 5.92 Å². The van der Waals surface area contributed by atoms with E-state index in [1.807, 2.05) is 0 Å². The molecule has 0 saturated carbocycles. The fourth-order valence-electron chi connectivity index (χ4n) is 2.99. The van der Waals surface area contributed by atoms with Crippen molar-refractivity contribution in [3.05, 3.63) is 11.6 Å². The Labute approximate surface area is 101 Å². The summed E-state index contributed by atoms with van der Waals surface area (Å²) >= 11 is 0. The highest BCUT2D eigenvalue weighted by Crippen LogP contribution is 2.27. The van der Waals surface area contributed by atoms with Gasteiger partial charge in [-0.1, -0.05) is 0 Å². The van der Waals surface area contributed by atoms with Gasteiger partial charge in [0, 0.05) is 18.9 Å². The molecule has 1 aromatic rings. The smallest absolute Gasteiger partial charge is 0.138 e. The predicted molar refractivity (Wildman–Crippen MR) is 63.8 cm³/mol. The molecule has 2 unspecified atom stereocenters. The molecular formula is C12H20N4O. The molecule has 0 bridgehead atoms. The topological polar surface area (TPSA) is 63.0 Å². The first-order valence-electron chi connectivity index (χ1n) is 6.62. The summed E-state index contributed by atoms with van der Waals surface area (Å²) in [6, 6.07) is 0. The van der Waals surface area contributed by atoms with E-state index in [1.165, 1.54) is 6.42 Å². The number of aromatic nitrogens is 3. The molecule has 2 atom stereocenters. The average Bonchev–Trinajstić information content (AvgIpc) is 2.99. The predicted octanol–water partition coefficient (Wildman–Crippen LogP) is 0.300. The van der Waals surface area contributed by atoms with E-state index in [4.69, 9.17) is 0 Å². The van der Waals surface area contributed by atoms with Crippen LogP contribution < -0.4 is 5.32 Å². The maximum atomic E-state index is 9.34. The van der Waals surface area contributed by atoms with E-state index >= 15 is 0 Å². The molecule has 94 valence electrons. The van der Waals surface area contributed by atoms with Crippen LogP contribution in [0.1, 0.15) is 36.8 Å². The number of fused-ring (bicyclic) bond motifs is 1. The van der Waals surface area contributed by atoms with Crippen LogP contribution in [0, 0.1) is 5.92 Å². The van der Waals surface area contributed by atoms with E-state index in [9.17, 15) is 5.11 Å². The zero-order chi connectivity index (χ0) is 11.7. The minimum Gasteiger partial charge on any atom is -0.396 e. The van der Waals surface area contributed by atoms with Crippen molar-refractivity contribution in [2.75, 3.05) is 19.7 Å². The van der Waals surface area contributed by atoms with Crippen molar-refractivity contribution in [2.45, 2.75) is 38.1 Å². The van der Waals surface area contributed by atoms with Crippen LogP contribution in [0.3, 0.4) is 0 Å². The lowest BCUT2D eigenvalue weighted by atomic mass is 9.99. The maximum absolute atomic E-state index is 9.34. The lowest BCUT2D eigenvalue weighted by molar-refractivity contribution is 0.237. The Bertz CT molecular complexity index is 384. The molecule has 17 heavy (non-hydrogen) atoms. The number of nitrogens with zero attached hydrogens (tertiary/aromatic N) is 3. The van der Waals surface area contributed by atoms with Crippen molar-refractivity contribution in [1.29, 1.82) is 0 Å². The van der Waals surface area contributed by atoms with Crippen molar-refractivity contribution in [1.82, 2.24) is 20.1 Å². The van der Waals surface area contributed by atoms with Gasteiger partial charge < -0.3 is 15.0 Å². The van der Waals surface area contributed by atoms with Crippen molar-refractivity contribution in [2.24, 2.45) is 5.92 Å². The Balaban J connectivity index is 1.79. The highest BCUT2D eigenvalue weighted by atomic mass is 16.3. The average molecular weight is 236 g/mol. The Morgan fingerprint density at radius 1 is 1.35 bits per heavy atom. The molecule has 1 fully saturated rings. The quantitative estimate of drug-likeness (QED) is 0.792. The fraction of sp³-hybridized carbons (Fsp3) is 0.833. The Morgan fingerprint density at radius 3 is 3.06 bits per heavy atom. The summed E-state index contributed by atoms with van der Waals surface area (Å²) in [5.41, 5.74) is 0. The zero-order valence-corrected chi connectivity index (χ0v) is 10.1. The molecule has 2 aliphatic heterocycles. The minimum atomic E-state index is 0.198. The first-order chi connectivity index (χ1) is 8.38. The molecule has 2 N–H and O–H groups in total. The Morgan fingerprint density at radius 2 is 2.29 bits per heavy atom. The van der Waals surface area contributed by atoms with Crippen molar-refractivity contribution < 1.29 is 5.11 Å². The van der Waals surface area contributed by atoms with E-state index < -0.39 is 0 Å². The molecular weight excluding hydrogens is 216 g/mol. The van der Waals surface area contributed by atoms with Gasteiger partial charge in [-0.15, -0.1) is 10.2 Å². The molecule has 0 aromatic carbocycles. The first-order valence-corrected chi connectivity index (χ1v) is 6.62.